The maximum atomic E-state index is 11.3. The monoisotopic (exact) mass is 508 g/mol. The van der Waals surface area contributed by atoms with E-state index in [2.05, 4.69) is 19.1 Å². The van der Waals surface area contributed by atoms with Gasteiger partial charge in [-0.15, -0.1) is 0 Å². The lowest BCUT2D eigenvalue weighted by Gasteiger charge is -2.29. The predicted molar refractivity (Wildman–Crippen MR) is 152 cm³/mol. The van der Waals surface area contributed by atoms with Gasteiger partial charge in [-0.3, -0.25) is 0 Å². The van der Waals surface area contributed by atoms with E-state index in [4.69, 9.17) is 14.2 Å². The first-order valence-corrected chi connectivity index (χ1v) is 13.0. The molecule has 0 heterocycles. The Morgan fingerprint density at radius 3 is 1.71 bits per heavy atom. The van der Waals surface area contributed by atoms with Crippen LogP contribution in [0.5, 0.6) is 0 Å². The minimum atomic E-state index is -0.898. The van der Waals surface area contributed by atoms with Crippen LogP contribution in [0.2, 0.25) is 0 Å². The normalized spacial score (nSPS) is 13.8. The summed E-state index contributed by atoms with van der Waals surface area (Å²) < 4.78 is 18.7. The van der Waals surface area contributed by atoms with Gasteiger partial charge in [-0.25, -0.2) is 0 Å². The summed E-state index contributed by atoms with van der Waals surface area (Å²) >= 11 is 0. The van der Waals surface area contributed by atoms with E-state index < -0.39 is 18.3 Å². The number of rotatable bonds is 14. The minimum Gasteiger partial charge on any atom is -0.388 e. The molecule has 4 nitrogen and oxygen atoms in total. The predicted octanol–water partition coefficient (Wildman–Crippen LogP) is 6.76. The Morgan fingerprint density at radius 2 is 1.13 bits per heavy atom. The van der Waals surface area contributed by atoms with E-state index in [1.54, 1.807) is 0 Å². The highest BCUT2D eigenvalue weighted by molar-refractivity contribution is 5.53. The smallest absolute Gasteiger partial charge is 0.116 e. The fraction of sp³-hybridized carbons (Fsp3) is 0.235. The molecule has 0 aromatic heterocycles. The number of ether oxygens (including phenoxy) is 3. The van der Waals surface area contributed by atoms with Crippen LogP contribution in [0.3, 0.4) is 0 Å². The Bertz CT molecular complexity index is 1230. The van der Waals surface area contributed by atoms with Crippen LogP contribution in [-0.4, -0.2) is 30.0 Å². The van der Waals surface area contributed by atoms with Crippen LogP contribution in [0.15, 0.2) is 121 Å². The third-order valence-corrected chi connectivity index (χ3v) is 6.33. The Morgan fingerprint density at radius 1 is 0.632 bits per heavy atom. The van der Waals surface area contributed by atoms with E-state index in [-0.39, 0.29) is 6.61 Å². The van der Waals surface area contributed by atoms with Crippen LogP contribution in [0.25, 0.3) is 6.08 Å². The zero-order valence-corrected chi connectivity index (χ0v) is 21.9. The molecule has 0 radical (unpaired) electrons. The Hall–Kier alpha value is -3.54. The molecule has 0 bridgehead atoms. The second-order valence-corrected chi connectivity index (χ2v) is 9.31. The zero-order valence-electron chi connectivity index (χ0n) is 21.9. The van der Waals surface area contributed by atoms with Crippen LogP contribution in [0.4, 0.5) is 0 Å². The molecular formula is C34H36O4. The summed E-state index contributed by atoms with van der Waals surface area (Å²) in [4.78, 5) is 0. The lowest BCUT2D eigenvalue weighted by molar-refractivity contribution is -0.133. The third kappa shape index (κ3) is 8.79. The standard InChI is InChI=1S/C34H36O4/c1-27-13-11-12-20-31(27)21-22-33(37-24-29-16-7-3-8-17-29)34(38-25-30-18-9-4-10-19-30)32(35)26-36-23-28-14-5-2-6-15-28/h2-22,32-35H,23-26H2,1H3/b22-21+/t32-,33-,34-/m1/s1. The molecule has 0 saturated carbocycles. The van der Waals surface area contributed by atoms with Gasteiger partial charge in [0.1, 0.15) is 18.3 Å². The third-order valence-electron chi connectivity index (χ3n) is 6.33. The molecule has 0 fully saturated rings. The Kier molecular flexibility index (Phi) is 10.9. The maximum Gasteiger partial charge on any atom is 0.116 e. The van der Waals surface area contributed by atoms with Gasteiger partial charge in [-0.1, -0.05) is 127 Å². The fourth-order valence-electron chi connectivity index (χ4n) is 4.16. The van der Waals surface area contributed by atoms with Crippen molar-refractivity contribution in [3.8, 4) is 0 Å². The number of aryl methyl sites for hydroxylation is 1. The van der Waals surface area contributed by atoms with Gasteiger partial charge in [-0.05, 0) is 34.7 Å². The molecule has 0 unspecified atom stereocenters. The summed E-state index contributed by atoms with van der Waals surface area (Å²) in [5, 5.41) is 11.3. The number of benzene rings is 4. The summed E-state index contributed by atoms with van der Waals surface area (Å²) in [7, 11) is 0. The van der Waals surface area contributed by atoms with Crippen LogP contribution >= 0.6 is 0 Å². The molecule has 38 heavy (non-hydrogen) atoms. The second-order valence-electron chi connectivity index (χ2n) is 9.31. The molecule has 4 aromatic rings. The lowest BCUT2D eigenvalue weighted by Crippen LogP contribution is -2.42. The molecule has 4 rings (SSSR count). The molecule has 0 aliphatic rings. The summed E-state index contributed by atoms with van der Waals surface area (Å²) in [5.41, 5.74) is 5.40. The first kappa shape index (κ1) is 27.5. The molecule has 4 aromatic carbocycles. The fourth-order valence-corrected chi connectivity index (χ4v) is 4.16. The molecule has 3 atom stereocenters. The topological polar surface area (TPSA) is 47.9 Å². The van der Waals surface area contributed by atoms with Gasteiger partial charge in [0.05, 0.1) is 26.4 Å². The average molecular weight is 509 g/mol. The lowest BCUT2D eigenvalue weighted by atomic mass is 10.0. The van der Waals surface area contributed by atoms with Gasteiger partial charge in [0, 0.05) is 0 Å². The first-order valence-electron chi connectivity index (χ1n) is 13.0. The molecule has 0 saturated heterocycles. The molecule has 1 N–H and O–H groups in total. The molecule has 0 aliphatic carbocycles. The quantitative estimate of drug-likeness (QED) is 0.205. The van der Waals surface area contributed by atoms with Gasteiger partial charge in [-0.2, -0.15) is 0 Å². The Labute approximate surface area is 226 Å². The van der Waals surface area contributed by atoms with Crippen LogP contribution in [-0.2, 0) is 34.0 Å². The van der Waals surface area contributed by atoms with E-state index in [1.165, 1.54) is 5.56 Å². The van der Waals surface area contributed by atoms with Crippen molar-refractivity contribution in [3.63, 3.8) is 0 Å². The summed E-state index contributed by atoms with van der Waals surface area (Å²) in [6, 6.07) is 38.1. The molecular weight excluding hydrogens is 472 g/mol. The van der Waals surface area contributed by atoms with Crippen molar-refractivity contribution in [1.82, 2.24) is 0 Å². The van der Waals surface area contributed by atoms with Gasteiger partial charge in [0.2, 0.25) is 0 Å². The van der Waals surface area contributed by atoms with E-state index >= 15 is 0 Å². The summed E-state index contributed by atoms with van der Waals surface area (Å²) in [5.74, 6) is 0. The van der Waals surface area contributed by atoms with Crippen LogP contribution < -0.4 is 0 Å². The molecule has 0 aliphatic heterocycles. The highest BCUT2D eigenvalue weighted by Gasteiger charge is 2.29. The Balaban J connectivity index is 1.53. The van der Waals surface area contributed by atoms with Gasteiger partial charge in [0.25, 0.3) is 0 Å². The molecule has 196 valence electrons. The van der Waals surface area contributed by atoms with Crippen molar-refractivity contribution < 1.29 is 19.3 Å². The average Bonchev–Trinajstić information content (AvgIpc) is 2.96. The number of aliphatic hydroxyl groups excluding tert-OH is 1. The van der Waals surface area contributed by atoms with E-state index in [1.807, 2.05) is 115 Å². The highest BCUT2D eigenvalue weighted by Crippen LogP contribution is 2.19. The second kappa shape index (κ2) is 15.0. The summed E-state index contributed by atoms with van der Waals surface area (Å²) in [6.45, 7) is 3.36. The largest absolute Gasteiger partial charge is 0.388 e. The van der Waals surface area contributed by atoms with Gasteiger partial charge in [0.15, 0.2) is 0 Å². The van der Waals surface area contributed by atoms with E-state index in [0.29, 0.717) is 19.8 Å². The first-order chi connectivity index (χ1) is 18.7. The number of aliphatic hydroxyl groups is 1. The van der Waals surface area contributed by atoms with Crippen LogP contribution in [0, 0.1) is 6.92 Å². The minimum absolute atomic E-state index is 0.123. The number of hydrogen-bond donors (Lipinski definition) is 1. The van der Waals surface area contributed by atoms with Crippen molar-refractivity contribution in [1.29, 1.82) is 0 Å². The van der Waals surface area contributed by atoms with Gasteiger partial charge >= 0.3 is 0 Å². The zero-order chi connectivity index (χ0) is 26.4. The molecule has 0 amide bonds. The van der Waals surface area contributed by atoms with Crippen molar-refractivity contribution in [3.05, 3.63) is 149 Å². The molecule has 4 heteroatoms. The highest BCUT2D eigenvalue weighted by atomic mass is 16.6. The van der Waals surface area contributed by atoms with Crippen LogP contribution in [0.1, 0.15) is 27.8 Å². The van der Waals surface area contributed by atoms with Crippen molar-refractivity contribution >= 4 is 6.08 Å². The van der Waals surface area contributed by atoms with Crippen molar-refractivity contribution in [2.24, 2.45) is 0 Å². The van der Waals surface area contributed by atoms with Crippen molar-refractivity contribution in [2.75, 3.05) is 6.61 Å². The van der Waals surface area contributed by atoms with E-state index in [9.17, 15) is 5.11 Å². The van der Waals surface area contributed by atoms with E-state index in [0.717, 1.165) is 22.3 Å². The van der Waals surface area contributed by atoms with Gasteiger partial charge < -0.3 is 19.3 Å². The number of hydrogen-bond acceptors (Lipinski definition) is 4. The molecule has 0 spiro atoms. The SMILES string of the molecule is Cc1ccccc1/C=C/[C@@H](OCc1ccccc1)[C@H](OCc1ccccc1)[C@H](O)COCc1ccccc1. The van der Waals surface area contributed by atoms with Crippen molar-refractivity contribution in [2.45, 2.75) is 45.1 Å². The summed E-state index contributed by atoms with van der Waals surface area (Å²) in [6.07, 6.45) is 1.98. The maximum absolute atomic E-state index is 11.3.